The molecule has 1 amide bonds. The summed E-state index contributed by atoms with van der Waals surface area (Å²) in [4.78, 5) is 13.6. The van der Waals surface area contributed by atoms with Gasteiger partial charge in [-0.25, -0.2) is 0 Å². The summed E-state index contributed by atoms with van der Waals surface area (Å²) in [7, 11) is 0. The van der Waals surface area contributed by atoms with Crippen LogP contribution in [-0.2, 0) is 4.79 Å². The number of thiophene rings is 1. The number of carbonyl (C=O) groups excluding carboxylic acids is 1. The summed E-state index contributed by atoms with van der Waals surface area (Å²) in [5.41, 5.74) is 0.0392. The zero-order valence-corrected chi connectivity index (χ0v) is 12.1. The van der Waals surface area contributed by atoms with Crippen molar-refractivity contribution in [1.82, 2.24) is 10.6 Å². The van der Waals surface area contributed by atoms with Gasteiger partial charge in [0.15, 0.2) is 0 Å². The summed E-state index contributed by atoms with van der Waals surface area (Å²) in [6.45, 7) is 7.31. The molecule has 1 fully saturated rings. The highest BCUT2D eigenvalue weighted by Crippen LogP contribution is 2.30. The van der Waals surface area contributed by atoms with E-state index in [0.717, 1.165) is 19.4 Å². The van der Waals surface area contributed by atoms with Crippen molar-refractivity contribution in [3.8, 4) is 0 Å². The van der Waals surface area contributed by atoms with Crippen molar-refractivity contribution >= 4 is 17.2 Å². The molecule has 0 spiro atoms. The molecule has 0 aliphatic carbocycles. The fraction of sp³-hybridized carbons (Fsp3) is 0.643. The fourth-order valence-electron chi connectivity index (χ4n) is 2.56. The molecule has 2 N–H and O–H groups in total. The van der Waals surface area contributed by atoms with Gasteiger partial charge in [0.25, 0.3) is 0 Å². The van der Waals surface area contributed by atoms with E-state index in [4.69, 9.17) is 0 Å². The van der Waals surface area contributed by atoms with E-state index < -0.39 is 0 Å². The third kappa shape index (κ3) is 2.93. The van der Waals surface area contributed by atoms with Gasteiger partial charge in [0.1, 0.15) is 0 Å². The van der Waals surface area contributed by atoms with E-state index >= 15 is 0 Å². The molecule has 2 rings (SSSR count). The SMILES string of the molecule is C[C@H](NC(=O)C1NCCCC1(C)C)c1cccs1. The first-order valence-corrected chi connectivity index (χ1v) is 7.46. The van der Waals surface area contributed by atoms with Crippen LogP contribution in [0.5, 0.6) is 0 Å². The minimum Gasteiger partial charge on any atom is -0.347 e. The standard InChI is InChI=1S/C14H22N2OS/c1-10(11-6-4-9-18-11)16-13(17)12-14(2,3)7-5-8-15-12/h4,6,9-10,12,15H,5,7-8H2,1-3H3,(H,16,17)/t10-,12?/m0/s1. The van der Waals surface area contributed by atoms with Gasteiger partial charge >= 0.3 is 0 Å². The van der Waals surface area contributed by atoms with Gasteiger partial charge < -0.3 is 10.6 Å². The molecule has 2 heterocycles. The van der Waals surface area contributed by atoms with E-state index in [9.17, 15) is 4.79 Å². The lowest BCUT2D eigenvalue weighted by atomic mass is 9.77. The molecule has 0 bridgehead atoms. The fourth-order valence-corrected chi connectivity index (χ4v) is 3.30. The number of rotatable bonds is 3. The van der Waals surface area contributed by atoms with Crippen molar-refractivity contribution in [3.63, 3.8) is 0 Å². The minimum absolute atomic E-state index is 0.0392. The van der Waals surface area contributed by atoms with E-state index in [2.05, 4.69) is 30.5 Å². The summed E-state index contributed by atoms with van der Waals surface area (Å²) < 4.78 is 0. The summed E-state index contributed by atoms with van der Waals surface area (Å²) in [6.07, 6.45) is 2.25. The molecule has 1 aliphatic heterocycles. The van der Waals surface area contributed by atoms with Crippen molar-refractivity contribution in [2.45, 2.75) is 45.7 Å². The molecule has 18 heavy (non-hydrogen) atoms. The van der Waals surface area contributed by atoms with Crippen molar-refractivity contribution in [2.75, 3.05) is 6.54 Å². The second kappa shape index (κ2) is 5.41. The molecule has 0 saturated carbocycles. The van der Waals surface area contributed by atoms with Crippen molar-refractivity contribution < 1.29 is 4.79 Å². The Hall–Kier alpha value is -0.870. The molecule has 0 aromatic carbocycles. The Bertz CT molecular complexity index is 400. The summed E-state index contributed by atoms with van der Waals surface area (Å²) in [6, 6.07) is 4.10. The third-order valence-corrected chi connectivity index (χ3v) is 4.77. The predicted octanol–water partition coefficient (Wildman–Crippen LogP) is 2.70. The monoisotopic (exact) mass is 266 g/mol. The molecule has 1 unspecified atom stereocenters. The van der Waals surface area contributed by atoms with Crippen LogP contribution in [0.4, 0.5) is 0 Å². The molecule has 2 atom stereocenters. The highest BCUT2D eigenvalue weighted by Gasteiger charge is 2.37. The van der Waals surface area contributed by atoms with Crippen molar-refractivity contribution in [2.24, 2.45) is 5.41 Å². The first-order chi connectivity index (χ1) is 8.50. The summed E-state index contributed by atoms with van der Waals surface area (Å²) >= 11 is 1.68. The Morgan fingerprint density at radius 3 is 3.00 bits per heavy atom. The Balaban J connectivity index is 1.99. The van der Waals surface area contributed by atoms with Crippen LogP contribution in [0.2, 0.25) is 0 Å². The Morgan fingerprint density at radius 1 is 1.61 bits per heavy atom. The van der Waals surface area contributed by atoms with E-state index in [0.29, 0.717) is 0 Å². The summed E-state index contributed by atoms with van der Waals surface area (Å²) in [5, 5.41) is 8.51. The van der Waals surface area contributed by atoms with Gasteiger partial charge in [-0.05, 0) is 43.2 Å². The zero-order valence-electron chi connectivity index (χ0n) is 11.3. The molecular formula is C14H22N2OS. The molecule has 3 nitrogen and oxygen atoms in total. The molecule has 4 heteroatoms. The van der Waals surface area contributed by atoms with Gasteiger partial charge in [0.2, 0.25) is 5.91 Å². The average molecular weight is 266 g/mol. The third-order valence-electron chi connectivity index (χ3n) is 3.72. The molecule has 100 valence electrons. The maximum absolute atomic E-state index is 12.4. The molecule has 1 aromatic heterocycles. The van der Waals surface area contributed by atoms with Crippen LogP contribution >= 0.6 is 11.3 Å². The van der Waals surface area contributed by atoms with E-state index in [-0.39, 0.29) is 23.4 Å². The Morgan fingerprint density at radius 2 is 2.39 bits per heavy atom. The topological polar surface area (TPSA) is 41.1 Å². The smallest absolute Gasteiger partial charge is 0.238 e. The van der Waals surface area contributed by atoms with Crippen LogP contribution < -0.4 is 10.6 Å². The lowest BCUT2D eigenvalue weighted by molar-refractivity contribution is -0.127. The maximum atomic E-state index is 12.4. The first kappa shape index (κ1) is 13.6. The average Bonchev–Trinajstić information content (AvgIpc) is 2.81. The van der Waals surface area contributed by atoms with E-state index in [1.54, 1.807) is 11.3 Å². The zero-order chi connectivity index (χ0) is 13.2. The van der Waals surface area contributed by atoms with Crippen molar-refractivity contribution in [1.29, 1.82) is 0 Å². The van der Waals surface area contributed by atoms with Crippen molar-refractivity contribution in [3.05, 3.63) is 22.4 Å². The summed E-state index contributed by atoms with van der Waals surface area (Å²) in [5.74, 6) is 0.126. The lowest BCUT2D eigenvalue weighted by Crippen LogP contribution is -2.55. The highest BCUT2D eigenvalue weighted by molar-refractivity contribution is 7.10. The first-order valence-electron chi connectivity index (χ1n) is 6.58. The molecule has 0 radical (unpaired) electrons. The Labute approximate surface area is 113 Å². The van der Waals surface area contributed by atoms with E-state index in [1.807, 2.05) is 18.4 Å². The van der Waals surface area contributed by atoms with Gasteiger partial charge in [0.05, 0.1) is 12.1 Å². The molecule has 1 aliphatic rings. The van der Waals surface area contributed by atoms with Gasteiger partial charge in [-0.1, -0.05) is 19.9 Å². The second-order valence-corrected chi connectivity index (χ2v) is 6.70. The predicted molar refractivity (Wildman–Crippen MR) is 75.7 cm³/mol. The number of amides is 1. The number of piperidine rings is 1. The number of nitrogens with one attached hydrogen (secondary N) is 2. The molecular weight excluding hydrogens is 244 g/mol. The number of carbonyl (C=O) groups is 1. The van der Waals surface area contributed by atoms with Crippen LogP contribution in [-0.4, -0.2) is 18.5 Å². The van der Waals surface area contributed by atoms with Crippen LogP contribution in [0.1, 0.15) is 44.5 Å². The largest absolute Gasteiger partial charge is 0.347 e. The van der Waals surface area contributed by atoms with Crippen LogP contribution in [0.3, 0.4) is 0 Å². The quantitative estimate of drug-likeness (QED) is 0.883. The normalized spacial score (nSPS) is 24.5. The van der Waals surface area contributed by atoms with Crippen LogP contribution in [0.15, 0.2) is 17.5 Å². The van der Waals surface area contributed by atoms with Gasteiger partial charge in [-0.3, -0.25) is 4.79 Å². The maximum Gasteiger partial charge on any atom is 0.238 e. The molecule has 1 aromatic rings. The minimum atomic E-state index is -0.0753. The lowest BCUT2D eigenvalue weighted by Gasteiger charge is -2.38. The van der Waals surface area contributed by atoms with E-state index in [1.165, 1.54) is 4.88 Å². The van der Waals surface area contributed by atoms with Gasteiger partial charge in [0, 0.05) is 4.88 Å². The van der Waals surface area contributed by atoms with Crippen LogP contribution in [0.25, 0.3) is 0 Å². The Kier molecular flexibility index (Phi) is 4.07. The number of hydrogen-bond acceptors (Lipinski definition) is 3. The van der Waals surface area contributed by atoms with Gasteiger partial charge in [-0.15, -0.1) is 11.3 Å². The van der Waals surface area contributed by atoms with Gasteiger partial charge in [-0.2, -0.15) is 0 Å². The molecule has 1 saturated heterocycles. The van der Waals surface area contributed by atoms with Crippen LogP contribution in [0, 0.1) is 5.41 Å². The second-order valence-electron chi connectivity index (χ2n) is 5.72. The highest BCUT2D eigenvalue weighted by atomic mass is 32.1. The number of hydrogen-bond donors (Lipinski definition) is 2.